The number of rotatable bonds is 3. The van der Waals surface area contributed by atoms with E-state index < -0.39 is 6.04 Å². The summed E-state index contributed by atoms with van der Waals surface area (Å²) in [6, 6.07) is 9.44. The molecule has 1 aromatic carbocycles. The molecular formula is C22H20N4O3. The van der Waals surface area contributed by atoms with Crippen LogP contribution >= 0.6 is 0 Å². The highest BCUT2D eigenvalue weighted by atomic mass is 16.4. The van der Waals surface area contributed by atoms with Gasteiger partial charge in [0.15, 0.2) is 5.89 Å². The summed E-state index contributed by atoms with van der Waals surface area (Å²) in [4.78, 5) is 27.5. The van der Waals surface area contributed by atoms with Gasteiger partial charge in [-0.25, -0.2) is 9.97 Å². The van der Waals surface area contributed by atoms with Gasteiger partial charge in [-0.05, 0) is 31.9 Å². The molecule has 1 saturated carbocycles. The van der Waals surface area contributed by atoms with E-state index in [-0.39, 0.29) is 5.91 Å². The molecule has 7 nitrogen and oxygen atoms in total. The molecule has 0 saturated heterocycles. The van der Waals surface area contributed by atoms with E-state index in [1.165, 1.54) is 0 Å². The number of nitrogens with zero attached hydrogens (tertiary/aromatic N) is 3. The first-order chi connectivity index (χ1) is 14.2. The number of imidazole rings is 1. The summed E-state index contributed by atoms with van der Waals surface area (Å²) in [6.07, 6.45) is 4.55. The van der Waals surface area contributed by atoms with Gasteiger partial charge in [-0.3, -0.25) is 4.79 Å². The minimum Gasteiger partial charge on any atom is -0.458 e. The zero-order chi connectivity index (χ0) is 19.5. The van der Waals surface area contributed by atoms with Gasteiger partial charge in [-0.2, -0.15) is 0 Å². The van der Waals surface area contributed by atoms with Crippen molar-refractivity contribution < 1.29 is 13.6 Å². The van der Waals surface area contributed by atoms with Crippen molar-refractivity contribution in [2.24, 2.45) is 0 Å². The van der Waals surface area contributed by atoms with Crippen LogP contribution in [0.5, 0.6) is 0 Å². The first-order valence-corrected chi connectivity index (χ1v) is 9.98. The second-order valence-corrected chi connectivity index (χ2v) is 7.84. The number of fused-ring (bicyclic) bond motifs is 2. The summed E-state index contributed by atoms with van der Waals surface area (Å²) in [7, 11) is 0. The average molecular weight is 388 g/mol. The minimum atomic E-state index is -0.404. The number of amides is 1. The van der Waals surface area contributed by atoms with E-state index in [4.69, 9.17) is 8.83 Å². The van der Waals surface area contributed by atoms with Crippen LogP contribution in [0.4, 0.5) is 0 Å². The number of benzene rings is 1. The van der Waals surface area contributed by atoms with Crippen molar-refractivity contribution in [1.29, 1.82) is 0 Å². The van der Waals surface area contributed by atoms with Gasteiger partial charge in [0.05, 0.1) is 17.7 Å². The zero-order valence-electron chi connectivity index (χ0n) is 16.0. The Bertz CT molecular complexity index is 1200. The number of carbonyl (C=O) groups is 1. The van der Waals surface area contributed by atoms with Gasteiger partial charge < -0.3 is 18.7 Å². The Balaban J connectivity index is 1.44. The topological polar surface area (TPSA) is 88.2 Å². The largest absolute Gasteiger partial charge is 0.458 e. The van der Waals surface area contributed by atoms with E-state index in [1.807, 2.05) is 37.3 Å². The SMILES string of the molecule is Cc1nc(C2CC2)oc1C(=O)N1CCc2[nH]cnc2[C@H]1c1cc2ccccc2o1. The lowest BCUT2D eigenvalue weighted by atomic mass is 9.99. The number of para-hydroxylation sites is 1. The fourth-order valence-corrected chi connectivity index (χ4v) is 4.17. The number of hydrogen-bond acceptors (Lipinski definition) is 5. The van der Waals surface area contributed by atoms with E-state index in [1.54, 1.807) is 11.2 Å². The van der Waals surface area contributed by atoms with Gasteiger partial charge in [0.1, 0.15) is 17.4 Å². The number of H-pyrrole nitrogens is 1. The Morgan fingerprint density at radius 3 is 2.93 bits per heavy atom. The predicted octanol–water partition coefficient (Wildman–Crippen LogP) is 4.12. The number of furan rings is 1. The van der Waals surface area contributed by atoms with E-state index in [0.717, 1.165) is 35.2 Å². The second-order valence-electron chi connectivity index (χ2n) is 7.84. The zero-order valence-corrected chi connectivity index (χ0v) is 16.0. The first-order valence-electron chi connectivity index (χ1n) is 9.98. The van der Waals surface area contributed by atoms with Gasteiger partial charge in [0.25, 0.3) is 5.91 Å². The Labute approximate surface area is 166 Å². The van der Waals surface area contributed by atoms with Gasteiger partial charge in [0, 0.05) is 30.0 Å². The molecule has 0 bridgehead atoms. The monoisotopic (exact) mass is 388 g/mol. The molecule has 1 fully saturated rings. The lowest BCUT2D eigenvalue weighted by Crippen LogP contribution is -2.40. The number of aromatic amines is 1. The van der Waals surface area contributed by atoms with Crippen LogP contribution < -0.4 is 0 Å². The van der Waals surface area contributed by atoms with Crippen molar-refractivity contribution >= 4 is 16.9 Å². The summed E-state index contributed by atoms with van der Waals surface area (Å²) >= 11 is 0. The molecule has 1 amide bonds. The molecule has 29 heavy (non-hydrogen) atoms. The molecule has 7 heteroatoms. The summed E-state index contributed by atoms with van der Waals surface area (Å²) in [6.45, 7) is 2.39. The third kappa shape index (κ3) is 2.61. The number of oxazole rings is 1. The maximum absolute atomic E-state index is 13.5. The van der Waals surface area contributed by atoms with Crippen LogP contribution in [0.2, 0.25) is 0 Å². The van der Waals surface area contributed by atoms with Crippen molar-refractivity contribution in [2.45, 2.75) is 38.1 Å². The van der Waals surface area contributed by atoms with Gasteiger partial charge in [-0.15, -0.1) is 0 Å². The van der Waals surface area contributed by atoms with Crippen LogP contribution in [-0.2, 0) is 6.42 Å². The molecule has 4 aromatic rings. The fraction of sp³-hybridized carbons (Fsp3) is 0.318. The third-order valence-corrected chi connectivity index (χ3v) is 5.83. The maximum atomic E-state index is 13.5. The minimum absolute atomic E-state index is 0.166. The lowest BCUT2D eigenvalue weighted by Gasteiger charge is -2.33. The average Bonchev–Trinajstić information content (AvgIpc) is 3.14. The predicted molar refractivity (Wildman–Crippen MR) is 105 cm³/mol. The first kappa shape index (κ1) is 16.6. The summed E-state index contributed by atoms with van der Waals surface area (Å²) in [5, 5.41) is 1.00. The van der Waals surface area contributed by atoms with Crippen molar-refractivity contribution in [2.75, 3.05) is 6.54 Å². The van der Waals surface area contributed by atoms with E-state index >= 15 is 0 Å². The molecule has 146 valence electrons. The lowest BCUT2D eigenvalue weighted by molar-refractivity contribution is 0.0637. The smallest absolute Gasteiger partial charge is 0.292 e. The van der Waals surface area contributed by atoms with Crippen LogP contribution in [0.15, 0.2) is 45.5 Å². The third-order valence-electron chi connectivity index (χ3n) is 5.83. The molecule has 4 heterocycles. The molecule has 3 aromatic heterocycles. The Morgan fingerprint density at radius 2 is 2.10 bits per heavy atom. The second kappa shape index (κ2) is 6.07. The molecule has 1 aliphatic carbocycles. The van der Waals surface area contributed by atoms with Crippen LogP contribution in [0.25, 0.3) is 11.0 Å². The van der Waals surface area contributed by atoms with Crippen LogP contribution in [-0.4, -0.2) is 32.3 Å². The Morgan fingerprint density at radius 1 is 1.24 bits per heavy atom. The molecule has 1 N–H and O–H groups in total. The normalized spacial score (nSPS) is 18.9. The van der Waals surface area contributed by atoms with Crippen LogP contribution in [0, 0.1) is 6.92 Å². The molecule has 0 spiro atoms. The van der Waals surface area contributed by atoms with Crippen molar-refractivity contribution in [3.05, 3.63) is 71.2 Å². The highest BCUT2D eigenvalue weighted by Gasteiger charge is 2.39. The summed E-state index contributed by atoms with van der Waals surface area (Å²) in [5.41, 5.74) is 3.30. The number of aryl methyl sites for hydroxylation is 1. The molecular weight excluding hydrogens is 368 g/mol. The summed E-state index contributed by atoms with van der Waals surface area (Å²) < 4.78 is 12.0. The number of carbonyl (C=O) groups excluding carboxylic acids is 1. The van der Waals surface area contributed by atoms with E-state index in [0.29, 0.717) is 42.0 Å². The van der Waals surface area contributed by atoms with Crippen molar-refractivity contribution in [1.82, 2.24) is 19.9 Å². The number of hydrogen-bond donors (Lipinski definition) is 1. The molecule has 0 radical (unpaired) electrons. The van der Waals surface area contributed by atoms with Crippen LogP contribution in [0.3, 0.4) is 0 Å². The Kier molecular flexibility index (Phi) is 3.47. The van der Waals surface area contributed by atoms with Gasteiger partial charge in [0.2, 0.25) is 5.76 Å². The molecule has 6 rings (SSSR count). The van der Waals surface area contributed by atoms with Gasteiger partial charge in [-0.1, -0.05) is 18.2 Å². The molecule has 2 aliphatic rings. The molecule has 0 unspecified atom stereocenters. The van der Waals surface area contributed by atoms with E-state index in [9.17, 15) is 4.79 Å². The van der Waals surface area contributed by atoms with Crippen LogP contribution in [0.1, 0.15) is 64.1 Å². The Hall–Kier alpha value is -3.35. The number of aromatic nitrogens is 3. The van der Waals surface area contributed by atoms with Crippen molar-refractivity contribution in [3.63, 3.8) is 0 Å². The van der Waals surface area contributed by atoms with E-state index in [2.05, 4.69) is 15.0 Å². The molecule has 1 aliphatic heterocycles. The van der Waals surface area contributed by atoms with Gasteiger partial charge >= 0.3 is 0 Å². The highest BCUT2D eigenvalue weighted by molar-refractivity contribution is 5.93. The standard InChI is InChI=1S/C22H20N4O3/c1-12-20(29-21(25-12)13-6-7-13)22(27)26-9-8-15-18(24-11-23-15)19(26)17-10-14-4-2-3-5-16(14)28-17/h2-5,10-11,13,19H,6-9H2,1H3,(H,23,24)/t19-/m1/s1. The van der Waals surface area contributed by atoms with Crippen molar-refractivity contribution in [3.8, 4) is 0 Å². The fourth-order valence-electron chi connectivity index (χ4n) is 4.17. The maximum Gasteiger partial charge on any atom is 0.292 e. The molecule has 1 atom stereocenters. The quantitative estimate of drug-likeness (QED) is 0.570. The number of nitrogens with one attached hydrogen (secondary N) is 1. The summed E-state index contributed by atoms with van der Waals surface area (Å²) in [5.74, 6) is 1.91. The highest BCUT2D eigenvalue weighted by Crippen LogP contribution is 2.41.